The molecule has 3 rings (SSSR count). The number of nitrogens with zero attached hydrogens (tertiary/aromatic N) is 3. The number of nitrogens with one attached hydrogen (secondary N) is 1. The number of carbonyl (C=O) groups excluding carboxylic acids is 1. The van der Waals surface area contributed by atoms with Crippen LogP contribution in [-0.4, -0.2) is 66.7 Å². The van der Waals surface area contributed by atoms with Crippen molar-refractivity contribution in [3.63, 3.8) is 0 Å². The molecule has 0 radical (unpaired) electrons. The fourth-order valence-corrected chi connectivity index (χ4v) is 5.31. The van der Waals surface area contributed by atoms with Gasteiger partial charge >= 0.3 is 0 Å². The van der Waals surface area contributed by atoms with E-state index in [9.17, 15) is 23.3 Å². The van der Waals surface area contributed by atoms with E-state index < -0.39 is 21.0 Å². The zero-order valence-corrected chi connectivity index (χ0v) is 16.0. The largest absolute Gasteiger partial charge is 0.338 e. The van der Waals surface area contributed by atoms with Gasteiger partial charge in [0, 0.05) is 44.4 Å². The minimum atomic E-state index is -3.90. The molecule has 0 aromatic heterocycles. The van der Waals surface area contributed by atoms with Gasteiger partial charge in [0.05, 0.1) is 9.82 Å². The van der Waals surface area contributed by atoms with Crippen LogP contribution in [0.3, 0.4) is 0 Å². The Kier molecular flexibility index (Phi) is 5.78. The molecule has 2 fully saturated rings. The minimum absolute atomic E-state index is 0.0264. The summed E-state index contributed by atoms with van der Waals surface area (Å²) in [5.41, 5.74) is -0.171. The number of nitro benzene ring substituents is 1. The number of piperazine rings is 1. The molecule has 0 saturated carbocycles. The highest BCUT2D eigenvalue weighted by molar-refractivity contribution is 7.89. The molecule has 2 atom stereocenters. The van der Waals surface area contributed by atoms with Gasteiger partial charge in [0.2, 0.25) is 15.9 Å². The molecule has 1 N–H and O–H groups in total. The average Bonchev–Trinajstić information content (AvgIpc) is 2.67. The summed E-state index contributed by atoms with van der Waals surface area (Å²) in [6.07, 6.45) is 1.97. The number of hydrogen-bond donors (Lipinski definition) is 1. The third-order valence-corrected chi connectivity index (χ3v) is 7.00. The normalized spacial score (nSPS) is 24.6. The van der Waals surface area contributed by atoms with Crippen LogP contribution in [0.2, 0.25) is 0 Å². The molecule has 2 unspecified atom stereocenters. The van der Waals surface area contributed by atoms with E-state index in [0.717, 1.165) is 6.42 Å². The molecule has 2 saturated heterocycles. The van der Waals surface area contributed by atoms with Crippen LogP contribution >= 0.6 is 0 Å². The van der Waals surface area contributed by atoms with Gasteiger partial charge in [0.25, 0.3) is 5.69 Å². The lowest BCUT2D eigenvalue weighted by Crippen LogP contribution is -2.58. The first-order valence-electron chi connectivity index (χ1n) is 9.09. The van der Waals surface area contributed by atoms with Crippen LogP contribution in [-0.2, 0) is 14.8 Å². The number of hydrogen-bond acceptors (Lipinski definition) is 6. The number of benzene rings is 1. The van der Waals surface area contributed by atoms with Gasteiger partial charge in [-0.25, -0.2) is 8.42 Å². The summed E-state index contributed by atoms with van der Waals surface area (Å²) >= 11 is 0. The lowest BCUT2D eigenvalue weighted by molar-refractivity contribution is -0.384. The fourth-order valence-electron chi connectivity index (χ4n) is 3.66. The van der Waals surface area contributed by atoms with Crippen LogP contribution in [0.4, 0.5) is 5.69 Å². The van der Waals surface area contributed by atoms with E-state index in [1.165, 1.54) is 28.6 Å². The topological polar surface area (TPSA) is 113 Å². The summed E-state index contributed by atoms with van der Waals surface area (Å²) in [6, 6.07) is 4.26. The molecule has 0 bridgehead atoms. The predicted octanol–water partition coefficient (Wildman–Crippen LogP) is 0.958. The van der Waals surface area contributed by atoms with Crippen LogP contribution in [0.1, 0.15) is 26.2 Å². The van der Waals surface area contributed by atoms with Crippen molar-refractivity contribution in [1.82, 2.24) is 14.5 Å². The lowest BCUT2D eigenvalue weighted by atomic mass is 10.0. The second-order valence-corrected chi connectivity index (χ2v) is 8.91. The van der Waals surface area contributed by atoms with E-state index in [1.54, 1.807) is 4.90 Å². The Morgan fingerprint density at radius 3 is 2.56 bits per heavy atom. The lowest BCUT2D eigenvalue weighted by Gasteiger charge is -2.39. The SMILES string of the molecule is CC1CN(C(=O)C2CCCCN2S(=O)(=O)c2ccc([N+](=O)[O-])cc2)CCN1. The van der Waals surface area contributed by atoms with Crippen LogP contribution in [0.25, 0.3) is 0 Å². The van der Waals surface area contributed by atoms with Crippen molar-refractivity contribution in [3.8, 4) is 0 Å². The Hall–Kier alpha value is -2.04. The Morgan fingerprint density at radius 2 is 1.93 bits per heavy atom. The highest BCUT2D eigenvalue weighted by atomic mass is 32.2. The summed E-state index contributed by atoms with van der Waals surface area (Å²) < 4.78 is 27.5. The zero-order valence-electron chi connectivity index (χ0n) is 15.2. The van der Waals surface area contributed by atoms with Gasteiger partial charge < -0.3 is 10.2 Å². The second-order valence-electron chi connectivity index (χ2n) is 7.02. The number of amides is 1. The van der Waals surface area contributed by atoms with Crippen molar-refractivity contribution in [2.24, 2.45) is 0 Å². The predicted molar refractivity (Wildman–Crippen MR) is 98.7 cm³/mol. The van der Waals surface area contributed by atoms with E-state index in [2.05, 4.69) is 5.32 Å². The highest BCUT2D eigenvalue weighted by Gasteiger charge is 2.40. The number of nitro groups is 1. The van der Waals surface area contributed by atoms with E-state index in [4.69, 9.17) is 0 Å². The van der Waals surface area contributed by atoms with Crippen LogP contribution in [0.5, 0.6) is 0 Å². The van der Waals surface area contributed by atoms with Crippen molar-refractivity contribution in [3.05, 3.63) is 34.4 Å². The third kappa shape index (κ3) is 4.12. The van der Waals surface area contributed by atoms with E-state index in [-0.39, 0.29) is 29.1 Å². The molecule has 10 heteroatoms. The maximum Gasteiger partial charge on any atom is 0.269 e. The first kappa shape index (κ1) is 19.7. The first-order valence-corrected chi connectivity index (χ1v) is 10.5. The van der Waals surface area contributed by atoms with Crippen LogP contribution < -0.4 is 5.32 Å². The smallest absolute Gasteiger partial charge is 0.269 e. The molecule has 0 spiro atoms. The van der Waals surface area contributed by atoms with Gasteiger partial charge in [0.1, 0.15) is 6.04 Å². The quantitative estimate of drug-likeness (QED) is 0.599. The number of sulfonamides is 1. The Labute approximate surface area is 158 Å². The van der Waals surface area contributed by atoms with E-state index in [1.807, 2.05) is 6.92 Å². The van der Waals surface area contributed by atoms with Crippen molar-refractivity contribution >= 4 is 21.6 Å². The third-order valence-electron chi connectivity index (χ3n) is 5.07. The van der Waals surface area contributed by atoms with Crippen LogP contribution in [0, 0.1) is 10.1 Å². The van der Waals surface area contributed by atoms with Crippen molar-refractivity contribution < 1.29 is 18.1 Å². The number of rotatable bonds is 4. The fraction of sp³-hybridized carbons (Fsp3) is 0.588. The van der Waals surface area contributed by atoms with E-state index in [0.29, 0.717) is 32.5 Å². The molecule has 27 heavy (non-hydrogen) atoms. The number of piperidine rings is 1. The van der Waals surface area contributed by atoms with Gasteiger partial charge in [-0.15, -0.1) is 0 Å². The molecule has 9 nitrogen and oxygen atoms in total. The van der Waals surface area contributed by atoms with Crippen LogP contribution in [0.15, 0.2) is 29.2 Å². The molecule has 2 heterocycles. The molecular weight excluding hydrogens is 372 g/mol. The number of carbonyl (C=O) groups is 1. The zero-order chi connectivity index (χ0) is 19.6. The van der Waals surface area contributed by atoms with Gasteiger partial charge in [-0.1, -0.05) is 6.42 Å². The second kappa shape index (κ2) is 7.91. The number of non-ortho nitro benzene ring substituents is 1. The Bertz CT molecular complexity index is 811. The maximum absolute atomic E-state index is 13.1. The summed E-state index contributed by atoms with van der Waals surface area (Å²) in [5.74, 6) is -0.159. The van der Waals surface area contributed by atoms with Crippen molar-refractivity contribution in [2.75, 3.05) is 26.2 Å². The molecule has 0 aliphatic carbocycles. The van der Waals surface area contributed by atoms with Gasteiger partial charge in [-0.3, -0.25) is 14.9 Å². The van der Waals surface area contributed by atoms with Gasteiger partial charge in [-0.2, -0.15) is 4.31 Å². The molecule has 148 valence electrons. The monoisotopic (exact) mass is 396 g/mol. The molecule has 2 aliphatic heterocycles. The summed E-state index contributed by atoms with van der Waals surface area (Å²) in [7, 11) is -3.90. The summed E-state index contributed by atoms with van der Waals surface area (Å²) in [5, 5.41) is 14.1. The first-order chi connectivity index (χ1) is 12.8. The molecule has 1 amide bonds. The van der Waals surface area contributed by atoms with Gasteiger partial charge in [0.15, 0.2) is 0 Å². The average molecular weight is 396 g/mol. The molecular formula is C17H24N4O5S. The van der Waals surface area contributed by atoms with Crippen molar-refractivity contribution in [2.45, 2.75) is 43.2 Å². The standard InChI is InChI=1S/C17H24N4O5S/c1-13-12-19(11-9-18-13)17(22)16-4-2-3-10-20(16)27(25,26)15-7-5-14(6-8-15)21(23)24/h5-8,13,16,18H,2-4,9-12H2,1H3. The maximum atomic E-state index is 13.1. The van der Waals surface area contributed by atoms with Gasteiger partial charge in [-0.05, 0) is 31.9 Å². The summed E-state index contributed by atoms with van der Waals surface area (Å²) in [4.78, 5) is 25.0. The molecule has 2 aliphatic rings. The Morgan fingerprint density at radius 1 is 1.22 bits per heavy atom. The van der Waals surface area contributed by atoms with Crippen molar-refractivity contribution in [1.29, 1.82) is 0 Å². The summed E-state index contributed by atoms with van der Waals surface area (Å²) in [6.45, 7) is 4.07. The Balaban J connectivity index is 1.85. The highest BCUT2D eigenvalue weighted by Crippen LogP contribution is 2.28. The molecule has 1 aromatic carbocycles. The molecule has 1 aromatic rings. The van der Waals surface area contributed by atoms with E-state index >= 15 is 0 Å². The minimum Gasteiger partial charge on any atom is -0.338 e.